The summed E-state index contributed by atoms with van der Waals surface area (Å²) in [5.41, 5.74) is 0.346. The molecule has 0 atom stereocenters. The van der Waals surface area contributed by atoms with Gasteiger partial charge in [0.15, 0.2) is 0 Å². The Labute approximate surface area is 103 Å². The molecule has 18 heavy (non-hydrogen) atoms. The highest BCUT2D eigenvalue weighted by atomic mass is 19.4. The summed E-state index contributed by atoms with van der Waals surface area (Å²) in [5, 5.41) is 0. The van der Waals surface area contributed by atoms with Crippen LogP contribution in [-0.4, -0.2) is 32.1 Å². The first-order valence-electron chi connectivity index (χ1n) is 5.26. The van der Waals surface area contributed by atoms with Crippen LogP contribution in [0, 0.1) is 0 Å². The Balaban J connectivity index is 0. The van der Waals surface area contributed by atoms with E-state index in [-0.39, 0.29) is 13.0 Å². The monoisotopic (exact) mass is 276 g/mol. The van der Waals surface area contributed by atoms with Crippen LogP contribution in [0.25, 0.3) is 0 Å². The van der Waals surface area contributed by atoms with Crippen LogP contribution in [0.2, 0.25) is 0 Å². The molecule has 108 valence electrons. The van der Waals surface area contributed by atoms with Gasteiger partial charge in [-0.3, -0.25) is 8.78 Å². The number of halogens is 5. The first kappa shape index (κ1) is 19.2. The summed E-state index contributed by atoms with van der Waals surface area (Å²) in [5.74, 6) is -0.451. The summed E-state index contributed by atoms with van der Waals surface area (Å²) < 4.78 is 60.2. The maximum atomic E-state index is 11.4. The number of hydrogen-bond acceptors (Lipinski definition) is 2. The number of alkyl halides is 5. The van der Waals surface area contributed by atoms with Crippen molar-refractivity contribution in [1.29, 1.82) is 0 Å². The molecule has 0 rings (SSSR count). The largest absolute Gasteiger partial charge is 0.462 e. The van der Waals surface area contributed by atoms with Crippen molar-refractivity contribution in [3.63, 3.8) is 0 Å². The van der Waals surface area contributed by atoms with E-state index in [1.165, 1.54) is 0 Å². The van der Waals surface area contributed by atoms with Gasteiger partial charge in [0.05, 0.1) is 20.0 Å². The molecule has 0 saturated heterocycles. The number of carbonyl (C=O) groups is 1. The van der Waals surface area contributed by atoms with Crippen molar-refractivity contribution in [1.82, 2.24) is 0 Å². The van der Waals surface area contributed by atoms with Crippen LogP contribution in [0.1, 0.15) is 26.2 Å². The van der Waals surface area contributed by atoms with E-state index >= 15 is 0 Å². The van der Waals surface area contributed by atoms with Gasteiger partial charge in [-0.1, -0.05) is 6.58 Å². The Kier molecular flexibility index (Phi) is 11.7. The lowest BCUT2D eigenvalue weighted by Crippen LogP contribution is -2.06. The summed E-state index contributed by atoms with van der Waals surface area (Å²) in [7, 11) is 0. The van der Waals surface area contributed by atoms with Gasteiger partial charge in [-0.05, 0) is 13.3 Å². The van der Waals surface area contributed by atoms with Gasteiger partial charge in [-0.25, -0.2) is 4.79 Å². The summed E-state index contributed by atoms with van der Waals surface area (Å²) in [6.07, 6.45) is -5.35. The van der Waals surface area contributed by atoms with E-state index < -0.39 is 38.3 Å². The Hall–Kier alpha value is -1.14. The minimum Gasteiger partial charge on any atom is -0.462 e. The lowest BCUT2D eigenvalue weighted by molar-refractivity contribution is -0.139. The lowest BCUT2D eigenvalue weighted by atomic mass is 10.3. The van der Waals surface area contributed by atoms with Crippen LogP contribution in [0.15, 0.2) is 12.2 Å². The maximum Gasteiger partial charge on any atom is 0.389 e. The van der Waals surface area contributed by atoms with Gasteiger partial charge in [-0.2, -0.15) is 13.2 Å². The minimum atomic E-state index is -4.19. The highest BCUT2D eigenvalue weighted by Crippen LogP contribution is 2.20. The third kappa shape index (κ3) is 17.3. The second-order valence-corrected chi connectivity index (χ2v) is 3.37. The van der Waals surface area contributed by atoms with Gasteiger partial charge in [0.25, 0.3) is 0 Å². The van der Waals surface area contributed by atoms with E-state index in [1.54, 1.807) is 6.92 Å². The van der Waals surface area contributed by atoms with Crippen LogP contribution in [0.4, 0.5) is 22.0 Å². The SMILES string of the molecule is C=C(C)C(=O)OCCCF.FCCCC(F)(F)F. The molecule has 0 saturated carbocycles. The second-order valence-electron chi connectivity index (χ2n) is 3.37. The highest BCUT2D eigenvalue weighted by Gasteiger charge is 2.25. The highest BCUT2D eigenvalue weighted by molar-refractivity contribution is 5.86. The smallest absolute Gasteiger partial charge is 0.389 e. The van der Waals surface area contributed by atoms with Crippen molar-refractivity contribution in [2.45, 2.75) is 32.4 Å². The molecule has 0 radical (unpaired) electrons. The zero-order chi connectivity index (χ0) is 14.6. The molecule has 0 unspecified atom stereocenters. The molecule has 0 aliphatic carbocycles. The molecule has 0 fully saturated rings. The molecular weight excluding hydrogens is 259 g/mol. The molecule has 0 aromatic carbocycles. The second kappa shape index (κ2) is 11.0. The van der Waals surface area contributed by atoms with E-state index in [9.17, 15) is 26.7 Å². The molecule has 0 aliphatic heterocycles. The average Bonchev–Trinajstić information content (AvgIpc) is 2.26. The van der Waals surface area contributed by atoms with E-state index in [4.69, 9.17) is 0 Å². The van der Waals surface area contributed by atoms with E-state index in [2.05, 4.69) is 11.3 Å². The number of ether oxygens (including phenoxy) is 1. The zero-order valence-corrected chi connectivity index (χ0v) is 10.2. The van der Waals surface area contributed by atoms with Crippen LogP contribution < -0.4 is 0 Å². The van der Waals surface area contributed by atoms with Gasteiger partial charge in [-0.15, -0.1) is 0 Å². The zero-order valence-electron chi connectivity index (χ0n) is 10.2. The standard InChI is InChI=1S/C7H11FO2.C4H6F4/c1-6(2)7(9)10-5-3-4-8;5-3-1-2-4(6,7)8/h1,3-5H2,2H3;1-3H2. The molecule has 0 spiro atoms. The molecular formula is C11H17F5O2. The third-order valence-corrected chi connectivity index (χ3v) is 1.45. The Bertz CT molecular complexity index is 238. The van der Waals surface area contributed by atoms with Gasteiger partial charge in [0, 0.05) is 18.4 Å². The molecule has 0 heterocycles. The van der Waals surface area contributed by atoms with Crippen molar-refractivity contribution < 1.29 is 31.5 Å². The van der Waals surface area contributed by atoms with E-state index in [1.807, 2.05) is 0 Å². The molecule has 0 amide bonds. The average molecular weight is 276 g/mol. The molecule has 0 aromatic rings. The Morgan fingerprint density at radius 1 is 1.17 bits per heavy atom. The minimum absolute atomic E-state index is 0.141. The quantitative estimate of drug-likeness (QED) is 0.319. The number of esters is 1. The Morgan fingerprint density at radius 3 is 1.94 bits per heavy atom. The predicted molar refractivity (Wildman–Crippen MR) is 57.6 cm³/mol. The van der Waals surface area contributed by atoms with Crippen molar-refractivity contribution >= 4 is 5.97 Å². The number of carbonyl (C=O) groups excluding carboxylic acids is 1. The summed E-state index contributed by atoms with van der Waals surface area (Å²) in [4.78, 5) is 10.6. The molecule has 0 N–H and O–H groups in total. The third-order valence-electron chi connectivity index (χ3n) is 1.45. The number of rotatable bonds is 6. The summed E-state index contributed by atoms with van der Waals surface area (Å²) in [6, 6.07) is 0. The first-order chi connectivity index (χ1) is 8.24. The number of hydrogen-bond donors (Lipinski definition) is 0. The van der Waals surface area contributed by atoms with E-state index in [0.717, 1.165) is 0 Å². The van der Waals surface area contributed by atoms with Crippen LogP contribution in [0.3, 0.4) is 0 Å². The maximum absolute atomic E-state index is 11.4. The van der Waals surface area contributed by atoms with Crippen LogP contribution in [0.5, 0.6) is 0 Å². The fraction of sp³-hybridized carbons (Fsp3) is 0.727. The summed E-state index contributed by atoms with van der Waals surface area (Å²) >= 11 is 0. The fourth-order valence-electron chi connectivity index (χ4n) is 0.610. The van der Waals surface area contributed by atoms with Gasteiger partial charge >= 0.3 is 12.1 Å². The molecule has 0 aromatic heterocycles. The summed E-state index contributed by atoms with van der Waals surface area (Å²) in [6.45, 7) is 3.72. The van der Waals surface area contributed by atoms with Crippen LogP contribution >= 0.6 is 0 Å². The fourth-order valence-corrected chi connectivity index (χ4v) is 0.610. The predicted octanol–water partition coefficient (Wildman–Crippen LogP) is 3.76. The lowest BCUT2D eigenvalue weighted by Gasteiger charge is -2.01. The van der Waals surface area contributed by atoms with E-state index in [0.29, 0.717) is 5.57 Å². The molecule has 2 nitrogen and oxygen atoms in total. The molecule has 7 heteroatoms. The van der Waals surface area contributed by atoms with Crippen molar-refractivity contribution in [3.05, 3.63) is 12.2 Å². The first-order valence-corrected chi connectivity index (χ1v) is 5.26. The molecule has 0 bridgehead atoms. The van der Waals surface area contributed by atoms with Gasteiger partial charge in [0.2, 0.25) is 0 Å². The normalized spacial score (nSPS) is 10.3. The van der Waals surface area contributed by atoms with Crippen molar-refractivity contribution in [2.75, 3.05) is 20.0 Å². The van der Waals surface area contributed by atoms with Crippen LogP contribution in [-0.2, 0) is 9.53 Å². The van der Waals surface area contributed by atoms with Gasteiger partial charge in [0.1, 0.15) is 0 Å². The Morgan fingerprint density at radius 2 is 1.67 bits per heavy atom. The van der Waals surface area contributed by atoms with Crippen molar-refractivity contribution in [2.24, 2.45) is 0 Å². The van der Waals surface area contributed by atoms with Gasteiger partial charge < -0.3 is 4.74 Å². The molecule has 0 aliphatic rings. The van der Waals surface area contributed by atoms with Crippen molar-refractivity contribution in [3.8, 4) is 0 Å². The topological polar surface area (TPSA) is 26.3 Å².